The van der Waals surface area contributed by atoms with Crippen LogP contribution in [0.2, 0.25) is 0 Å². The average molecular weight is 620 g/mol. The molecule has 0 saturated carbocycles. The van der Waals surface area contributed by atoms with E-state index in [1.165, 1.54) is 11.3 Å². The highest BCUT2D eigenvalue weighted by atomic mass is 79.9. The highest BCUT2D eigenvalue weighted by molar-refractivity contribution is 9.10. The Bertz CT molecular complexity index is 1710. The minimum atomic E-state index is -1.02. The number of carbonyl (C=O) groups is 2. The molecule has 40 heavy (non-hydrogen) atoms. The topological polar surface area (TPSA) is 106 Å². The number of aryl methyl sites for hydroxylation is 1. The third-order valence-electron chi connectivity index (χ3n) is 6.70. The summed E-state index contributed by atoms with van der Waals surface area (Å²) in [5, 5.41) is 22.3. The predicted octanol–water partition coefficient (Wildman–Crippen LogP) is 7.92. The lowest BCUT2D eigenvalue weighted by Gasteiger charge is -2.12. The van der Waals surface area contributed by atoms with E-state index in [0.717, 1.165) is 46.6 Å². The SMILES string of the molecule is CCCCc1ncc(/C=C(\Cc2cccs2)C(=O)O)n1Cc1ccc2oc(-c3ccccc3C(=O)O)c(Br)c2c1. The number of carboxylic acids is 2. The molecule has 2 aromatic carbocycles. The van der Waals surface area contributed by atoms with Gasteiger partial charge in [0.1, 0.15) is 17.2 Å². The summed E-state index contributed by atoms with van der Waals surface area (Å²) in [7, 11) is 0. The molecule has 0 bridgehead atoms. The van der Waals surface area contributed by atoms with Crippen LogP contribution in [0.25, 0.3) is 28.4 Å². The van der Waals surface area contributed by atoms with Crippen LogP contribution in [0, 0.1) is 0 Å². The molecule has 204 valence electrons. The van der Waals surface area contributed by atoms with Gasteiger partial charge in [0.15, 0.2) is 0 Å². The Morgan fingerprint density at radius 3 is 2.67 bits per heavy atom. The van der Waals surface area contributed by atoms with E-state index < -0.39 is 11.9 Å². The van der Waals surface area contributed by atoms with E-state index in [1.54, 1.807) is 36.5 Å². The zero-order chi connectivity index (χ0) is 28.2. The fourth-order valence-electron chi connectivity index (χ4n) is 4.67. The number of fused-ring (bicyclic) bond motifs is 1. The number of benzene rings is 2. The van der Waals surface area contributed by atoms with Gasteiger partial charge in [-0.2, -0.15) is 0 Å². The van der Waals surface area contributed by atoms with Crippen molar-refractivity contribution in [1.29, 1.82) is 0 Å². The molecule has 0 saturated heterocycles. The van der Waals surface area contributed by atoms with E-state index >= 15 is 0 Å². The van der Waals surface area contributed by atoms with Crippen LogP contribution in [0.4, 0.5) is 0 Å². The van der Waals surface area contributed by atoms with Crippen LogP contribution in [-0.2, 0) is 24.2 Å². The third kappa shape index (κ3) is 5.80. The minimum absolute atomic E-state index is 0.162. The maximum Gasteiger partial charge on any atom is 0.336 e. The summed E-state index contributed by atoms with van der Waals surface area (Å²) >= 11 is 5.18. The molecule has 3 aromatic heterocycles. The molecular formula is C31H27BrN2O5S. The van der Waals surface area contributed by atoms with Crippen LogP contribution in [0.1, 0.15) is 52.1 Å². The van der Waals surface area contributed by atoms with Crippen LogP contribution in [0.5, 0.6) is 0 Å². The van der Waals surface area contributed by atoms with Gasteiger partial charge in [-0.15, -0.1) is 11.3 Å². The lowest BCUT2D eigenvalue weighted by atomic mass is 10.0. The maximum atomic E-state index is 12.1. The summed E-state index contributed by atoms with van der Waals surface area (Å²) in [5.74, 6) is -0.617. The monoisotopic (exact) mass is 618 g/mol. The number of imidazole rings is 1. The lowest BCUT2D eigenvalue weighted by Crippen LogP contribution is -2.09. The van der Waals surface area contributed by atoms with Gasteiger partial charge in [0.2, 0.25) is 0 Å². The number of aromatic nitrogens is 2. The van der Waals surface area contributed by atoms with Crippen LogP contribution < -0.4 is 0 Å². The molecule has 0 spiro atoms. The van der Waals surface area contributed by atoms with Crippen LogP contribution in [0.3, 0.4) is 0 Å². The molecular weight excluding hydrogens is 592 g/mol. The van der Waals surface area contributed by atoms with Crippen molar-refractivity contribution >= 4 is 56.3 Å². The van der Waals surface area contributed by atoms with Gasteiger partial charge in [0.25, 0.3) is 0 Å². The van der Waals surface area contributed by atoms with E-state index in [2.05, 4.69) is 32.4 Å². The third-order valence-corrected chi connectivity index (χ3v) is 8.36. The molecule has 0 unspecified atom stereocenters. The van der Waals surface area contributed by atoms with E-state index in [0.29, 0.717) is 39.9 Å². The second-order valence-electron chi connectivity index (χ2n) is 9.45. The number of thiophene rings is 1. The lowest BCUT2D eigenvalue weighted by molar-refractivity contribution is -0.132. The first-order valence-corrected chi connectivity index (χ1v) is 14.6. The Hall–Kier alpha value is -3.95. The second-order valence-corrected chi connectivity index (χ2v) is 11.3. The van der Waals surface area contributed by atoms with Gasteiger partial charge in [-0.1, -0.05) is 43.7 Å². The summed E-state index contributed by atoms with van der Waals surface area (Å²) in [4.78, 5) is 29.5. The summed E-state index contributed by atoms with van der Waals surface area (Å²) in [6, 6.07) is 16.5. The first kappa shape index (κ1) is 27.6. The van der Waals surface area contributed by atoms with E-state index in [4.69, 9.17) is 4.42 Å². The molecule has 0 amide bonds. The zero-order valence-electron chi connectivity index (χ0n) is 21.8. The highest BCUT2D eigenvalue weighted by Crippen LogP contribution is 2.39. The number of hydrogen-bond acceptors (Lipinski definition) is 5. The maximum absolute atomic E-state index is 12.1. The van der Waals surface area contributed by atoms with Crippen molar-refractivity contribution < 1.29 is 24.2 Å². The number of carboxylic acid groups (broad SMARTS) is 2. The number of furan rings is 1. The van der Waals surface area contributed by atoms with E-state index in [-0.39, 0.29) is 5.56 Å². The van der Waals surface area contributed by atoms with Crippen molar-refractivity contribution in [2.75, 3.05) is 0 Å². The van der Waals surface area contributed by atoms with Crippen molar-refractivity contribution in [3.8, 4) is 11.3 Å². The van der Waals surface area contributed by atoms with E-state index in [1.807, 2.05) is 35.7 Å². The Kier molecular flexibility index (Phi) is 8.32. The molecule has 9 heteroatoms. The molecule has 0 aliphatic rings. The molecule has 5 rings (SSSR count). The molecule has 2 N–H and O–H groups in total. The molecule has 0 atom stereocenters. The van der Waals surface area contributed by atoms with Gasteiger partial charge >= 0.3 is 11.9 Å². The average Bonchev–Trinajstić information content (AvgIpc) is 3.67. The van der Waals surface area contributed by atoms with Crippen molar-refractivity contribution in [2.24, 2.45) is 0 Å². The second kappa shape index (κ2) is 12.1. The fourth-order valence-corrected chi connectivity index (χ4v) is 6.00. The van der Waals surface area contributed by atoms with Crippen LogP contribution in [-0.4, -0.2) is 31.7 Å². The smallest absolute Gasteiger partial charge is 0.336 e. The standard InChI is InChI=1S/C31H27BrN2O5S/c1-2-3-10-27-33-17-21(15-20(30(35)36)16-22-7-6-13-40-22)34(27)18-19-11-12-26-25(14-19)28(32)29(39-26)23-8-4-5-9-24(23)31(37)38/h4-9,11-15,17H,2-3,10,16,18H2,1H3,(H,35,36)(H,37,38)/b20-15+. The van der Waals surface area contributed by atoms with Crippen LogP contribution in [0.15, 0.2) is 80.6 Å². The summed E-state index contributed by atoms with van der Waals surface area (Å²) in [6.07, 6.45) is 6.58. The van der Waals surface area contributed by atoms with E-state index in [9.17, 15) is 19.8 Å². The molecule has 0 radical (unpaired) electrons. The van der Waals surface area contributed by atoms with Gasteiger partial charge in [0.05, 0.1) is 21.9 Å². The van der Waals surface area contributed by atoms with Crippen molar-refractivity contribution in [3.05, 3.63) is 104 Å². The number of hydrogen-bond donors (Lipinski definition) is 2. The van der Waals surface area contributed by atoms with Crippen molar-refractivity contribution in [1.82, 2.24) is 9.55 Å². The Morgan fingerprint density at radius 2 is 1.95 bits per heavy atom. The van der Waals surface area contributed by atoms with Crippen molar-refractivity contribution in [3.63, 3.8) is 0 Å². The number of aliphatic carboxylic acids is 1. The highest BCUT2D eigenvalue weighted by Gasteiger charge is 2.20. The predicted molar refractivity (Wildman–Crippen MR) is 160 cm³/mol. The first-order chi connectivity index (χ1) is 19.4. The fraction of sp³-hybridized carbons (Fsp3) is 0.194. The number of rotatable bonds is 11. The molecule has 7 nitrogen and oxygen atoms in total. The molecule has 3 heterocycles. The number of halogens is 1. The quantitative estimate of drug-likeness (QED) is 0.146. The molecule has 0 aliphatic carbocycles. The first-order valence-electron chi connectivity index (χ1n) is 12.9. The summed E-state index contributed by atoms with van der Waals surface area (Å²) < 4.78 is 8.84. The number of nitrogens with zero attached hydrogens (tertiary/aromatic N) is 2. The number of unbranched alkanes of at least 4 members (excludes halogenated alkanes) is 1. The zero-order valence-corrected chi connectivity index (χ0v) is 24.2. The van der Waals surface area contributed by atoms with Gasteiger partial charge < -0.3 is 19.2 Å². The van der Waals surface area contributed by atoms with Crippen molar-refractivity contribution in [2.45, 2.75) is 39.2 Å². The molecule has 0 aliphatic heterocycles. The Labute approximate surface area is 243 Å². The molecule has 0 fully saturated rings. The van der Waals surface area contributed by atoms with Gasteiger partial charge in [-0.25, -0.2) is 14.6 Å². The molecule has 5 aromatic rings. The Balaban J connectivity index is 1.53. The minimum Gasteiger partial charge on any atom is -0.478 e. The Morgan fingerprint density at radius 1 is 1.12 bits per heavy atom. The van der Waals surface area contributed by atoms with Gasteiger partial charge in [0, 0.05) is 40.8 Å². The van der Waals surface area contributed by atoms with Crippen LogP contribution >= 0.6 is 27.3 Å². The summed E-state index contributed by atoms with van der Waals surface area (Å²) in [5.41, 5.74) is 3.31. The summed E-state index contributed by atoms with van der Waals surface area (Å²) in [6.45, 7) is 2.62. The van der Waals surface area contributed by atoms with Gasteiger partial charge in [-0.3, -0.25) is 0 Å². The largest absolute Gasteiger partial charge is 0.478 e. The van der Waals surface area contributed by atoms with Gasteiger partial charge in [-0.05, 0) is 63.6 Å². The normalized spacial score (nSPS) is 11.8. The number of aromatic carboxylic acids is 1.